The predicted octanol–water partition coefficient (Wildman–Crippen LogP) is 6.55. The van der Waals surface area contributed by atoms with E-state index < -0.39 is 6.09 Å². The molecular weight excluding hydrogens is 590 g/mol. The Balaban J connectivity index is 1.16. The highest BCUT2D eigenvalue weighted by Crippen LogP contribution is 2.38. The number of aromatic nitrogens is 2. The minimum absolute atomic E-state index is 0.0302. The zero-order valence-corrected chi connectivity index (χ0v) is 25.8. The number of methoxy groups -OCH3 is 3. The van der Waals surface area contributed by atoms with Gasteiger partial charge >= 0.3 is 6.09 Å². The maximum Gasteiger partial charge on any atom is 0.407 e. The monoisotopic (exact) mass is 625 g/mol. The molecule has 1 fully saturated rings. The smallest absolute Gasteiger partial charge is 0.407 e. The van der Waals surface area contributed by atoms with Gasteiger partial charge in [0.25, 0.3) is 5.89 Å². The molecular formula is C35H35N3O8. The standard InChI is InChI=1S/C35H35N3O8/c1-41-29-11-7-6-10-28(29)34-36-32(46-37-34)21-44-24-14-12-22(13-15-24)25-16-17-38(35(39)40)19-31(25)45-20-23-18-30(42-2)26-8-4-5-9-27(26)33(23)43-3/h4-15,18,25,31H,16-17,19-21H2,1-3H3,(H,39,40). The van der Waals surface area contributed by atoms with E-state index in [0.717, 1.165) is 33.2 Å². The normalized spacial score (nSPS) is 16.3. The molecule has 1 saturated heterocycles. The Bertz CT molecular complexity index is 1810. The second-order valence-electron chi connectivity index (χ2n) is 10.9. The number of nitrogens with zero attached hydrogens (tertiary/aromatic N) is 3. The lowest BCUT2D eigenvalue weighted by Crippen LogP contribution is -2.46. The van der Waals surface area contributed by atoms with Crippen molar-refractivity contribution in [2.75, 3.05) is 34.4 Å². The fourth-order valence-electron chi connectivity index (χ4n) is 5.93. The summed E-state index contributed by atoms with van der Waals surface area (Å²) in [5.74, 6) is 3.43. The lowest BCUT2D eigenvalue weighted by molar-refractivity contribution is -0.0204. The van der Waals surface area contributed by atoms with Crippen LogP contribution in [0.15, 0.2) is 83.4 Å². The Kier molecular flexibility index (Phi) is 9.20. The number of carboxylic acid groups (broad SMARTS) is 1. The summed E-state index contributed by atoms with van der Waals surface area (Å²) in [6.45, 7) is 0.983. The first-order valence-corrected chi connectivity index (χ1v) is 14.9. The van der Waals surface area contributed by atoms with Crippen LogP contribution in [0.2, 0.25) is 0 Å². The maximum atomic E-state index is 11.9. The molecule has 6 rings (SSSR count). The Morgan fingerprint density at radius 3 is 2.39 bits per heavy atom. The fourth-order valence-corrected chi connectivity index (χ4v) is 5.93. The highest BCUT2D eigenvalue weighted by molar-refractivity contribution is 5.94. The van der Waals surface area contributed by atoms with Crippen LogP contribution in [0, 0.1) is 0 Å². The lowest BCUT2D eigenvalue weighted by atomic mass is 9.87. The Hall–Kier alpha value is -5.29. The van der Waals surface area contributed by atoms with Gasteiger partial charge in [0.15, 0.2) is 6.61 Å². The molecule has 0 saturated carbocycles. The first-order chi connectivity index (χ1) is 22.5. The predicted molar refractivity (Wildman–Crippen MR) is 170 cm³/mol. The average Bonchev–Trinajstić information content (AvgIpc) is 3.58. The van der Waals surface area contributed by atoms with Crippen LogP contribution in [0.25, 0.3) is 22.2 Å². The molecule has 1 aliphatic rings. The number of carbonyl (C=O) groups is 1. The summed E-state index contributed by atoms with van der Waals surface area (Å²) < 4.78 is 34.7. The van der Waals surface area contributed by atoms with Crippen molar-refractivity contribution < 1.29 is 38.1 Å². The van der Waals surface area contributed by atoms with E-state index in [1.54, 1.807) is 21.3 Å². The topological polar surface area (TPSA) is 126 Å². The Morgan fingerprint density at radius 2 is 1.65 bits per heavy atom. The molecule has 46 heavy (non-hydrogen) atoms. The van der Waals surface area contributed by atoms with Gasteiger partial charge in [-0.3, -0.25) is 0 Å². The largest absolute Gasteiger partial charge is 0.496 e. The zero-order chi connectivity index (χ0) is 32.0. The van der Waals surface area contributed by atoms with Crippen LogP contribution in [0.1, 0.15) is 29.4 Å². The quantitative estimate of drug-likeness (QED) is 0.173. The van der Waals surface area contributed by atoms with Crippen LogP contribution in [-0.2, 0) is 18.0 Å². The summed E-state index contributed by atoms with van der Waals surface area (Å²) in [5, 5.41) is 15.7. The van der Waals surface area contributed by atoms with Gasteiger partial charge in [-0.05, 0) is 42.3 Å². The second kappa shape index (κ2) is 13.8. The number of hydrogen-bond acceptors (Lipinski definition) is 9. The number of ether oxygens (including phenoxy) is 5. The van der Waals surface area contributed by atoms with Crippen molar-refractivity contribution in [3.63, 3.8) is 0 Å². The van der Waals surface area contributed by atoms with E-state index >= 15 is 0 Å². The number of likely N-dealkylation sites (tertiary alicyclic amines) is 1. The van der Waals surface area contributed by atoms with Gasteiger partial charge in [0, 0.05) is 28.8 Å². The molecule has 1 amide bonds. The van der Waals surface area contributed by atoms with Crippen LogP contribution in [0.3, 0.4) is 0 Å². The van der Waals surface area contributed by atoms with E-state index in [-0.39, 0.29) is 31.8 Å². The van der Waals surface area contributed by atoms with Crippen molar-refractivity contribution in [1.82, 2.24) is 15.0 Å². The van der Waals surface area contributed by atoms with E-state index in [2.05, 4.69) is 10.1 Å². The number of rotatable bonds is 11. The summed E-state index contributed by atoms with van der Waals surface area (Å²) >= 11 is 0. The van der Waals surface area contributed by atoms with E-state index in [4.69, 9.17) is 28.2 Å². The first-order valence-electron chi connectivity index (χ1n) is 14.9. The third-order valence-corrected chi connectivity index (χ3v) is 8.23. The summed E-state index contributed by atoms with van der Waals surface area (Å²) in [6, 6.07) is 25.0. The molecule has 2 heterocycles. The average molecular weight is 626 g/mol. The molecule has 1 N–H and O–H groups in total. The lowest BCUT2D eigenvalue weighted by Gasteiger charge is -2.37. The van der Waals surface area contributed by atoms with Crippen molar-refractivity contribution in [2.24, 2.45) is 0 Å². The molecule has 4 aromatic carbocycles. The number of hydrogen-bond donors (Lipinski definition) is 1. The van der Waals surface area contributed by atoms with Crippen LogP contribution in [0.5, 0.6) is 23.0 Å². The minimum atomic E-state index is -0.962. The summed E-state index contributed by atoms with van der Waals surface area (Å²) in [5.41, 5.74) is 2.58. The van der Waals surface area contributed by atoms with Crippen molar-refractivity contribution in [1.29, 1.82) is 0 Å². The van der Waals surface area contributed by atoms with Gasteiger partial charge < -0.3 is 38.2 Å². The molecule has 2 atom stereocenters. The van der Waals surface area contributed by atoms with Crippen molar-refractivity contribution >= 4 is 16.9 Å². The molecule has 1 aromatic heterocycles. The van der Waals surface area contributed by atoms with Crippen molar-refractivity contribution in [3.8, 4) is 34.4 Å². The summed E-state index contributed by atoms with van der Waals surface area (Å²) in [7, 11) is 4.86. The minimum Gasteiger partial charge on any atom is -0.496 e. The number of fused-ring (bicyclic) bond motifs is 1. The van der Waals surface area contributed by atoms with E-state index in [0.29, 0.717) is 41.9 Å². The van der Waals surface area contributed by atoms with Gasteiger partial charge in [-0.15, -0.1) is 0 Å². The third-order valence-electron chi connectivity index (χ3n) is 8.23. The molecule has 0 aliphatic carbocycles. The zero-order valence-electron chi connectivity index (χ0n) is 25.8. The van der Waals surface area contributed by atoms with Crippen LogP contribution in [-0.4, -0.2) is 66.8 Å². The number of piperidine rings is 1. The van der Waals surface area contributed by atoms with Crippen LogP contribution in [0.4, 0.5) is 4.79 Å². The van der Waals surface area contributed by atoms with Gasteiger partial charge in [-0.2, -0.15) is 4.98 Å². The summed E-state index contributed by atoms with van der Waals surface area (Å²) in [4.78, 5) is 17.7. The SMILES string of the molecule is COc1ccccc1-c1noc(COc2ccc(C3CCN(C(=O)O)CC3OCc3cc(OC)c4ccccc4c3OC)cc2)n1. The highest BCUT2D eigenvalue weighted by Gasteiger charge is 2.33. The number of amides is 1. The van der Waals surface area contributed by atoms with Gasteiger partial charge in [-0.1, -0.05) is 53.7 Å². The third kappa shape index (κ3) is 6.40. The molecule has 0 radical (unpaired) electrons. The molecule has 0 bridgehead atoms. The Morgan fingerprint density at radius 1 is 0.913 bits per heavy atom. The number of para-hydroxylation sites is 1. The van der Waals surface area contributed by atoms with Crippen LogP contribution >= 0.6 is 0 Å². The molecule has 0 spiro atoms. The molecule has 11 heteroatoms. The van der Waals surface area contributed by atoms with Gasteiger partial charge in [0.05, 0.1) is 46.1 Å². The van der Waals surface area contributed by atoms with Gasteiger partial charge in [0.1, 0.15) is 23.0 Å². The maximum absolute atomic E-state index is 11.9. The van der Waals surface area contributed by atoms with Gasteiger partial charge in [0.2, 0.25) is 5.82 Å². The molecule has 2 unspecified atom stereocenters. The van der Waals surface area contributed by atoms with Crippen molar-refractivity contribution in [3.05, 3.63) is 95.9 Å². The molecule has 238 valence electrons. The Labute approximate surface area is 266 Å². The summed E-state index contributed by atoms with van der Waals surface area (Å²) in [6.07, 6.45) is -0.732. The van der Waals surface area contributed by atoms with E-state index in [1.165, 1.54) is 4.90 Å². The molecule has 1 aliphatic heterocycles. The molecule has 11 nitrogen and oxygen atoms in total. The molecule has 5 aromatic rings. The van der Waals surface area contributed by atoms with Crippen LogP contribution < -0.4 is 18.9 Å². The highest BCUT2D eigenvalue weighted by atomic mass is 16.5. The van der Waals surface area contributed by atoms with Gasteiger partial charge in [-0.25, -0.2) is 4.79 Å². The second-order valence-corrected chi connectivity index (χ2v) is 10.9. The van der Waals surface area contributed by atoms with Crippen molar-refractivity contribution in [2.45, 2.75) is 31.7 Å². The first kappa shape index (κ1) is 30.7. The van der Waals surface area contributed by atoms with E-state index in [1.807, 2.05) is 78.9 Å². The fraction of sp³-hybridized carbons (Fsp3) is 0.286. The van der Waals surface area contributed by atoms with E-state index in [9.17, 15) is 9.90 Å². The number of benzene rings is 4.